The Morgan fingerprint density at radius 1 is 1.47 bits per heavy atom. The van der Waals surface area contributed by atoms with Crippen molar-refractivity contribution in [2.24, 2.45) is 0 Å². The van der Waals surface area contributed by atoms with Crippen LogP contribution in [-0.4, -0.2) is 30.2 Å². The highest BCUT2D eigenvalue weighted by atomic mass is 32.2. The molecule has 0 atom stereocenters. The van der Waals surface area contributed by atoms with Crippen molar-refractivity contribution in [2.75, 3.05) is 11.5 Å². The third kappa shape index (κ3) is 1.95. The minimum absolute atomic E-state index is 0.337. The molecule has 3 rings (SSSR count). The van der Waals surface area contributed by atoms with Gasteiger partial charge >= 0.3 is 0 Å². The lowest BCUT2D eigenvalue weighted by atomic mass is 10.1. The minimum Gasteiger partial charge on any atom is -0.329 e. The van der Waals surface area contributed by atoms with Gasteiger partial charge in [0.2, 0.25) is 0 Å². The highest BCUT2D eigenvalue weighted by Crippen LogP contribution is 2.26. The summed E-state index contributed by atoms with van der Waals surface area (Å²) in [5.41, 5.74) is 1.89. The summed E-state index contributed by atoms with van der Waals surface area (Å²) in [6.45, 7) is 0. The van der Waals surface area contributed by atoms with E-state index < -0.39 is 10.8 Å². The summed E-state index contributed by atoms with van der Waals surface area (Å²) in [6, 6.07) is 4.22. The molecule has 1 saturated heterocycles. The molecule has 0 aliphatic carbocycles. The van der Waals surface area contributed by atoms with Crippen molar-refractivity contribution < 1.29 is 4.21 Å². The second-order valence-corrected chi connectivity index (χ2v) is 6.34. The summed E-state index contributed by atoms with van der Waals surface area (Å²) in [6.07, 6.45) is 3.62. The Bertz CT molecular complexity index is 621. The van der Waals surface area contributed by atoms with Gasteiger partial charge in [-0.2, -0.15) is 0 Å². The SMILES string of the molecule is O=S1CCC(n2c(=S)[nH]c3cccnc32)CC1. The molecule has 1 aliphatic heterocycles. The number of pyridine rings is 1. The molecule has 0 saturated carbocycles. The topological polar surface area (TPSA) is 50.7 Å². The van der Waals surface area contributed by atoms with Gasteiger partial charge in [0, 0.05) is 34.5 Å². The normalized spacial score (nSPS) is 25.2. The summed E-state index contributed by atoms with van der Waals surface area (Å²) >= 11 is 5.35. The second kappa shape index (κ2) is 4.34. The molecule has 2 aromatic heterocycles. The van der Waals surface area contributed by atoms with Gasteiger partial charge in [0.1, 0.15) is 0 Å². The first-order valence-electron chi connectivity index (χ1n) is 5.66. The van der Waals surface area contributed by atoms with Gasteiger partial charge in [-0.15, -0.1) is 0 Å². The summed E-state index contributed by atoms with van der Waals surface area (Å²) in [4.78, 5) is 7.56. The number of rotatable bonds is 1. The van der Waals surface area contributed by atoms with Crippen molar-refractivity contribution in [2.45, 2.75) is 18.9 Å². The predicted octanol–water partition coefficient (Wildman–Crippen LogP) is 2.18. The zero-order valence-electron chi connectivity index (χ0n) is 9.26. The molecule has 2 aromatic rings. The predicted molar refractivity (Wildman–Crippen MR) is 71.1 cm³/mol. The number of fused-ring (bicyclic) bond motifs is 1. The molecule has 4 nitrogen and oxygen atoms in total. The number of nitrogens with zero attached hydrogens (tertiary/aromatic N) is 2. The van der Waals surface area contributed by atoms with E-state index in [-0.39, 0.29) is 0 Å². The third-order valence-electron chi connectivity index (χ3n) is 3.20. The fraction of sp³-hybridized carbons (Fsp3) is 0.455. The molecule has 6 heteroatoms. The Morgan fingerprint density at radius 2 is 2.24 bits per heavy atom. The van der Waals surface area contributed by atoms with E-state index in [4.69, 9.17) is 12.2 Å². The van der Waals surface area contributed by atoms with Crippen LogP contribution in [0.4, 0.5) is 0 Å². The minimum atomic E-state index is -0.641. The van der Waals surface area contributed by atoms with Gasteiger partial charge in [-0.3, -0.25) is 8.78 Å². The van der Waals surface area contributed by atoms with Crippen LogP contribution in [0.5, 0.6) is 0 Å². The van der Waals surface area contributed by atoms with E-state index in [0.29, 0.717) is 6.04 Å². The third-order valence-corrected chi connectivity index (χ3v) is 4.88. The van der Waals surface area contributed by atoms with Gasteiger partial charge in [-0.05, 0) is 37.2 Å². The summed E-state index contributed by atoms with van der Waals surface area (Å²) in [5, 5.41) is 0. The zero-order valence-corrected chi connectivity index (χ0v) is 10.9. The van der Waals surface area contributed by atoms with E-state index in [9.17, 15) is 4.21 Å². The smallest absolute Gasteiger partial charge is 0.179 e. The van der Waals surface area contributed by atoms with Gasteiger partial charge in [-0.1, -0.05) is 0 Å². The average Bonchev–Trinajstić information content (AvgIpc) is 2.66. The monoisotopic (exact) mass is 267 g/mol. The molecular formula is C11H13N3OS2. The van der Waals surface area contributed by atoms with E-state index in [1.807, 2.05) is 12.1 Å². The Kier molecular flexibility index (Phi) is 2.84. The number of imidazole rings is 1. The largest absolute Gasteiger partial charge is 0.329 e. The van der Waals surface area contributed by atoms with Crippen molar-refractivity contribution in [3.63, 3.8) is 0 Å². The Balaban J connectivity index is 2.08. The van der Waals surface area contributed by atoms with Crippen LogP contribution in [0.15, 0.2) is 18.3 Å². The van der Waals surface area contributed by atoms with Crippen LogP contribution in [-0.2, 0) is 10.8 Å². The first-order chi connectivity index (χ1) is 8.25. The van der Waals surface area contributed by atoms with E-state index in [1.54, 1.807) is 6.20 Å². The van der Waals surface area contributed by atoms with Crippen molar-refractivity contribution in [1.29, 1.82) is 0 Å². The highest BCUT2D eigenvalue weighted by molar-refractivity contribution is 7.85. The number of hydrogen-bond acceptors (Lipinski definition) is 3. The van der Waals surface area contributed by atoms with Gasteiger partial charge in [0.05, 0.1) is 5.52 Å². The number of hydrogen-bond donors (Lipinski definition) is 1. The average molecular weight is 267 g/mol. The molecule has 0 spiro atoms. The van der Waals surface area contributed by atoms with Gasteiger partial charge < -0.3 is 4.98 Å². The van der Waals surface area contributed by atoms with E-state index in [2.05, 4.69) is 14.5 Å². The van der Waals surface area contributed by atoms with Crippen LogP contribution in [0, 0.1) is 4.77 Å². The molecule has 0 amide bonds. The maximum atomic E-state index is 11.4. The van der Waals surface area contributed by atoms with Crippen LogP contribution in [0.1, 0.15) is 18.9 Å². The summed E-state index contributed by atoms with van der Waals surface area (Å²) in [5.74, 6) is 1.54. The number of H-pyrrole nitrogens is 1. The quantitative estimate of drug-likeness (QED) is 0.806. The van der Waals surface area contributed by atoms with Gasteiger partial charge in [0.25, 0.3) is 0 Å². The molecule has 1 fully saturated rings. The number of aromatic amines is 1. The fourth-order valence-corrected chi connectivity index (χ4v) is 3.96. The van der Waals surface area contributed by atoms with E-state index in [0.717, 1.165) is 40.3 Å². The lowest BCUT2D eigenvalue weighted by Gasteiger charge is -2.22. The van der Waals surface area contributed by atoms with Crippen molar-refractivity contribution in [3.8, 4) is 0 Å². The standard InChI is InChI=1S/C11H13N3OS2/c15-17-6-3-8(4-7-17)14-10-9(13-11(14)16)2-1-5-12-10/h1-2,5,8H,3-4,6-7H2,(H,13,16). The lowest BCUT2D eigenvalue weighted by molar-refractivity contribution is 0.466. The molecule has 1 N–H and O–H groups in total. The second-order valence-electron chi connectivity index (χ2n) is 4.25. The molecule has 0 radical (unpaired) electrons. The molecule has 0 unspecified atom stereocenters. The molecule has 90 valence electrons. The van der Waals surface area contributed by atoms with Crippen LogP contribution >= 0.6 is 12.2 Å². The van der Waals surface area contributed by atoms with Gasteiger partial charge in [0.15, 0.2) is 10.4 Å². The molecular weight excluding hydrogens is 254 g/mol. The first kappa shape index (κ1) is 11.1. The molecule has 0 bridgehead atoms. The van der Waals surface area contributed by atoms with Crippen molar-refractivity contribution in [3.05, 3.63) is 23.1 Å². The van der Waals surface area contributed by atoms with Crippen LogP contribution < -0.4 is 0 Å². The lowest BCUT2D eigenvalue weighted by Crippen LogP contribution is -2.21. The van der Waals surface area contributed by atoms with Crippen LogP contribution in [0.2, 0.25) is 0 Å². The van der Waals surface area contributed by atoms with Crippen molar-refractivity contribution >= 4 is 34.2 Å². The summed E-state index contributed by atoms with van der Waals surface area (Å²) in [7, 11) is -0.641. The van der Waals surface area contributed by atoms with Crippen molar-refractivity contribution in [1.82, 2.24) is 14.5 Å². The maximum absolute atomic E-state index is 11.4. The summed E-state index contributed by atoms with van der Waals surface area (Å²) < 4.78 is 14.2. The molecule has 3 heterocycles. The fourth-order valence-electron chi connectivity index (χ4n) is 2.34. The zero-order chi connectivity index (χ0) is 11.8. The maximum Gasteiger partial charge on any atom is 0.179 e. The highest BCUT2D eigenvalue weighted by Gasteiger charge is 2.21. The van der Waals surface area contributed by atoms with Gasteiger partial charge in [-0.25, -0.2) is 4.98 Å². The molecule has 0 aromatic carbocycles. The Morgan fingerprint density at radius 3 is 3.00 bits per heavy atom. The van der Waals surface area contributed by atoms with Crippen LogP contribution in [0.3, 0.4) is 0 Å². The van der Waals surface area contributed by atoms with E-state index in [1.165, 1.54) is 0 Å². The van der Waals surface area contributed by atoms with Crippen LogP contribution in [0.25, 0.3) is 11.2 Å². The Labute approximate surface area is 107 Å². The first-order valence-corrected chi connectivity index (χ1v) is 7.55. The number of nitrogens with one attached hydrogen (secondary N) is 1. The molecule has 1 aliphatic rings. The molecule has 17 heavy (non-hydrogen) atoms. The number of aromatic nitrogens is 3. The Hall–Kier alpha value is -1.01. The van der Waals surface area contributed by atoms with E-state index >= 15 is 0 Å².